The Morgan fingerprint density at radius 2 is 2.11 bits per heavy atom. The Balaban J connectivity index is 2.41. The number of benzene rings is 1. The van der Waals surface area contributed by atoms with Gasteiger partial charge in [0.2, 0.25) is 10.0 Å². The van der Waals surface area contributed by atoms with Crippen molar-refractivity contribution in [3.05, 3.63) is 18.2 Å². The Kier molecular flexibility index (Phi) is 4.17. The molecular formula is C12H16N2O3S2. The molecule has 104 valence electrons. The van der Waals surface area contributed by atoms with E-state index in [1.54, 1.807) is 12.1 Å². The lowest BCUT2D eigenvalue weighted by Gasteiger charge is -2.10. The highest BCUT2D eigenvalue weighted by atomic mass is 32.2. The van der Waals surface area contributed by atoms with Crippen LogP contribution in [0.1, 0.15) is 13.3 Å². The summed E-state index contributed by atoms with van der Waals surface area (Å²) in [6, 6.07) is 4.73. The summed E-state index contributed by atoms with van der Waals surface area (Å²) in [5.41, 5.74) is 1.18. The van der Waals surface area contributed by atoms with Gasteiger partial charge in [0.25, 0.3) is 5.22 Å². The van der Waals surface area contributed by atoms with Crippen LogP contribution in [-0.2, 0) is 10.0 Å². The van der Waals surface area contributed by atoms with Crippen LogP contribution in [0.4, 0.5) is 0 Å². The van der Waals surface area contributed by atoms with Gasteiger partial charge >= 0.3 is 0 Å². The number of fused-ring (bicyclic) bond motifs is 1. The third-order valence-corrected chi connectivity index (χ3v) is 5.39. The van der Waals surface area contributed by atoms with E-state index in [1.165, 1.54) is 36.2 Å². The number of oxazole rings is 1. The summed E-state index contributed by atoms with van der Waals surface area (Å²) in [4.78, 5) is 4.52. The van der Waals surface area contributed by atoms with E-state index in [0.717, 1.165) is 12.2 Å². The van der Waals surface area contributed by atoms with Crippen LogP contribution in [-0.4, -0.2) is 37.6 Å². The van der Waals surface area contributed by atoms with Gasteiger partial charge in [0.05, 0.1) is 4.90 Å². The number of nitrogens with zero attached hydrogens (tertiary/aromatic N) is 2. The van der Waals surface area contributed by atoms with Crippen molar-refractivity contribution in [2.75, 3.05) is 19.8 Å². The molecule has 1 aromatic heterocycles. The molecule has 0 amide bonds. The Bertz CT molecular complexity index is 677. The first-order valence-corrected chi connectivity index (χ1v) is 8.33. The van der Waals surface area contributed by atoms with E-state index in [1.807, 2.05) is 0 Å². The summed E-state index contributed by atoms with van der Waals surface area (Å²) in [5.74, 6) is 0.926. The Morgan fingerprint density at radius 1 is 1.37 bits per heavy atom. The van der Waals surface area contributed by atoms with Crippen molar-refractivity contribution in [1.29, 1.82) is 0 Å². The van der Waals surface area contributed by atoms with Crippen LogP contribution in [0, 0.1) is 0 Å². The van der Waals surface area contributed by atoms with E-state index in [9.17, 15) is 8.42 Å². The molecule has 5 nitrogen and oxygen atoms in total. The molecule has 0 N–H and O–H groups in total. The van der Waals surface area contributed by atoms with Crippen molar-refractivity contribution in [2.45, 2.75) is 23.5 Å². The first-order valence-electron chi connectivity index (χ1n) is 5.91. The van der Waals surface area contributed by atoms with E-state index in [0.29, 0.717) is 16.3 Å². The minimum atomic E-state index is -3.43. The highest BCUT2D eigenvalue weighted by Crippen LogP contribution is 2.26. The molecule has 2 aromatic rings. The number of hydrogen-bond donors (Lipinski definition) is 0. The van der Waals surface area contributed by atoms with Crippen LogP contribution >= 0.6 is 11.8 Å². The average Bonchev–Trinajstić information content (AvgIpc) is 2.77. The molecule has 1 aromatic carbocycles. The molecule has 0 spiro atoms. The van der Waals surface area contributed by atoms with Gasteiger partial charge in [0.1, 0.15) is 5.52 Å². The Hall–Kier alpha value is -1.05. The first kappa shape index (κ1) is 14.4. The van der Waals surface area contributed by atoms with Crippen LogP contribution in [0.3, 0.4) is 0 Å². The zero-order valence-corrected chi connectivity index (χ0v) is 12.7. The summed E-state index contributed by atoms with van der Waals surface area (Å²) in [6.07, 6.45) is 1.03. The van der Waals surface area contributed by atoms with E-state index in [-0.39, 0.29) is 4.90 Å². The predicted molar refractivity (Wildman–Crippen MR) is 75.9 cm³/mol. The predicted octanol–water partition coefficient (Wildman–Crippen LogP) is 2.58. The number of sulfonamides is 1. The zero-order chi connectivity index (χ0) is 14.0. The standard InChI is InChI=1S/C12H16N2O3S2/c1-4-7-18-12-13-10-8-9(5-6-11(10)17-12)19(15,16)14(2)3/h5-6,8H,4,7H2,1-3H3. The maximum Gasteiger partial charge on any atom is 0.256 e. The molecule has 0 radical (unpaired) electrons. The minimum absolute atomic E-state index is 0.227. The van der Waals surface area contributed by atoms with Gasteiger partial charge in [-0.15, -0.1) is 0 Å². The van der Waals surface area contributed by atoms with E-state index >= 15 is 0 Å². The van der Waals surface area contributed by atoms with Gasteiger partial charge in [-0.1, -0.05) is 18.7 Å². The van der Waals surface area contributed by atoms with Gasteiger partial charge < -0.3 is 4.42 Å². The summed E-state index contributed by atoms with van der Waals surface area (Å²) >= 11 is 1.53. The number of hydrogen-bond acceptors (Lipinski definition) is 5. The molecule has 0 aliphatic rings. The summed E-state index contributed by atoms with van der Waals surface area (Å²) in [7, 11) is -0.422. The quantitative estimate of drug-likeness (QED) is 0.794. The lowest BCUT2D eigenvalue weighted by atomic mass is 10.3. The van der Waals surface area contributed by atoms with Gasteiger partial charge in [-0.3, -0.25) is 0 Å². The maximum absolute atomic E-state index is 12.0. The monoisotopic (exact) mass is 300 g/mol. The van der Waals surface area contributed by atoms with E-state index < -0.39 is 10.0 Å². The second kappa shape index (κ2) is 5.52. The maximum atomic E-state index is 12.0. The molecule has 7 heteroatoms. The molecule has 19 heavy (non-hydrogen) atoms. The normalized spacial score (nSPS) is 12.4. The van der Waals surface area contributed by atoms with Gasteiger partial charge in [0, 0.05) is 19.8 Å². The van der Waals surface area contributed by atoms with Gasteiger partial charge in [-0.25, -0.2) is 17.7 Å². The SMILES string of the molecule is CCCSc1nc2cc(S(=O)(=O)N(C)C)ccc2o1. The number of rotatable bonds is 5. The summed E-state index contributed by atoms with van der Waals surface area (Å²) in [6.45, 7) is 2.08. The van der Waals surface area contributed by atoms with Crippen LogP contribution in [0.2, 0.25) is 0 Å². The largest absolute Gasteiger partial charge is 0.431 e. The molecule has 0 unspecified atom stereocenters. The highest BCUT2D eigenvalue weighted by molar-refractivity contribution is 7.99. The molecular weight excluding hydrogens is 284 g/mol. The van der Waals surface area contributed by atoms with E-state index in [2.05, 4.69) is 11.9 Å². The van der Waals surface area contributed by atoms with Crippen LogP contribution in [0.15, 0.2) is 32.7 Å². The third kappa shape index (κ3) is 2.93. The van der Waals surface area contributed by atoms with Crippen molar-refractivity contribution < 1.29 is 12.8 Å². The second-order valence-electron chi connectivity index (χ2n) is 4.25. The van der Waals surface area contributed by atoms with Gasteiger partial charge in [0.15, 0.2) is 5.58 Å². The summed E-state index contributed by atoms with van der Waals surface area (Å²) < 4.78 is 30.8. The van der Waals surface area contributed by atoms with Crippen LogP contribution in [0.25, 0.3) is 11.1 Å². The molecule has 0 aliphatic carbocycles. The number of aromatic nitrogens is 1. The van der Waals surface area contributed by atoms with Crippen molar-refractivity contribution in [2.24, 2.45) is 0 Å². The van der Waals surface area contributed by atoms with E-state index in [4.69, 9.17) is 4.42 Å². The van der Waals surface area contributed by atoms with Crippen molar-refractivity contribution >= 4 is 32.9 Å². The smallest absolute Gasteiger partial charge is 0.256 e. The Labute approximate surface area is 117 Å². The topological polar surface area (TPSA) is 63.4 Å². The highest BCUT2D eigenvalue weighted by Gasteiger charge is 2.18. The van der Waals surface area contributed by atoms with Crippen molar-refractivity contribution in [1.82, 2.24) is 9.29 Å². The fraction of sp³-hybridized carbons (Fsp3) is 0.417. The van der Waals surface area contributed by atoms with Crippen LogP contribution < -0.4 is 0 Å². The second-order valence-corrected chi connectivity index (χ2v) is 7.44. The third-order valence-electron chi connectivity index (χ3n) is 2.55. The average molecular weight is 300 g/mol. The number of thioether (sulfide) groups is 1. The molecule has 0 saturated heterocycles. The fourth-order valence-electron chi connectivity index (χ4n) is 1.51. The van der Waals surface area contributed by atoms with Gasteiger partial charge in [-0.2, -0.15) is 0 Å². The first-order chi connectivity index (χ1) is 8.95. The molecule has 0 aliphatic heterocycles. The summed E-state index contributed by atoms with van der Waals surface area (Å²) in [5, 5.41) is 0.580. The van der Waals surface area contributed by atoms with Gasteiger partial charge in [-0.05, 0) is 24.6 Å². The fourth-order valence-corrected chi connectivity index (χ4v) is 3.12. The molecule has 2 rings (SSSR count). The minimum Gasteiger partial charge on any atom is -0.431 e. The molecule has 1 heterocycles. The molecule has 0 bridgehead atoms. The molecule has 0 saturated carbocycles. The molecule has 0 atom stereocenters. The Morgan fingerprint density at radius 3 is 2.74 bits per heavy atom. The van der Waals surface area contributed by atoms with Crippen molar-refractivity contribution in [3.63, 3.8) is 0 Å². The van der Waals surface area contributed by atoms with Crippen molar-refractivity contribution in [3.8, 4) is 0 Å². The zero-order valence-electron chi connectivity index (χ0n) is 11.1. The molecule has 0 fully saturated rings. The van der Waals surface area contributed by atoms with Crippen LogP contribution in [0.5, 0.6) is 0 Å². The lowest BCUT2D eigenvalue weighted by molar-refractivity contribution is 0.489. The lowest BCUT2D eigenvalue weighted by Crippen LogP contribution is -2.22.